The van der Waals surface area contributed by atoms with Crippen molar-refractivity contribution in [2.45, 2.75) is 277 Å². The van der Waals surface area contributed by atoms with E-state index in [1.54, 1.807) is 0 Å². The minimum absolute atomic E-state index is 0.108. The van der Waals surface area contributed by atoms with Gasteiger partial charge < -0.3 is 14.2 Å². The first-order chi connectivity index (χ1) is 34.5. The number of carbonyl (C=O) groups is 3. The zero-order valence-electron chi connectivity index (χ0n) is 45.8. The summed E-state index contributed by atoms with van der Waals surface area (Å²) < 4.78 is 16.8. The molecule has 0 aliphatic heterocycles. The van der Waals surface area contributed by atoms with Crippen LogP contribution in [0.2, 0.25) is 0 Å². The van der Waals surface area contributed by atoms with Gasteiger partial charge in [0.2, 0.25) is 0 Å². The molecule has 0 fully saturated rings. The summed E-state index contributed by atoms with van der Waals surface area (Å²) in [6, 6.07) is 0. The topological polar surface area (TPSA) is 78.9 Å². The maximum absolute atomic E-state index is 12.8. The molecule has 0 unspecified atom stereocenters. The Morgan fingerprint density at radius 3 is 0.886 bits per heavy atom. The molecule has 0 aliphatic rings. The predicted molar refractivity (Wildman–Crippen MR) is 302 cm³/mol. The standard InChI is InChI=1S/C64H108O6/c1-4-7-10-13-16-19-22-25-28-31-32-34-36-39-42-45-48-51-54-57-63(66)69-60-61(59-68-62(65)56-53-50-47-44-41-38-35-30-27-24-21-18-15-12-9-6-3)70-64(67)58-55-52-49-46-43-40-37-33-29-26-23-20-17-14-11-8-5-2/h16-17,19-20,25-26,28-30,32,34-35,37,40,46,49,61H,4-15,18,21-24,27,31,33,36,38-39,41-45,47-48,50-60H2,1-3H3/b19-16-,20-17-,28-25-,29-26-,34-32-,35-30-,40-37-,49-46-/t61-/m1/s1. The number of rotatable bonds is 52. The van der Waals surface area contributed by atoms with E-state index >= 15 is 0 Å². The molecule has 0 saturated carbocycles. The fraction of sp³-hybridized carbons (Fsp3) is 0.703. The van der Waals surface area contributed by atoms with Gasteiger partial charge in [0.1, 0.15) is 13.2 Å². The summed E-state index contributed by atoms with van der Waals surface area (Å²) in [6.45, 7) is 6.53. The van der Waals surface area contributed by atoms with Crippen LogP contribution in [0.5, 0.6) is 0 Å². The molecule has 0 rings (SSSR count). The maximum atomic E-state index is 12.8. The predicted octanol–water partition coefficient (Wildman–Crippen LogP) is 19.7. The Kier molecular flexibility index (Phi) is 54.9. The largest absolute Gasteiger partial charge is 0.462 e. The van der Waals surface area contributed by atoms with Crippen LogP contribution in [0.3, 0.4) is 0 Å². The van der Waals surface area contributed by atoms with Crippen LogP contribution in [-0.2, 0) is 28.6 Å². The summed E-state index contributed by atoms with van der Waals surface area (Å²) in [6.07, 6.45) is 76.8. The number of carbonyl (C=O) groups excluding carboxylic acids is 3. The molecule has 0 aromatic heterocycles. The van der Waals surface area contributed by atoms with Gasteiger partial charge in [0.25, 0.3) is 0 Å². The fourth-order valence-corrected chi connectivity index (χ4v) is 7.85. The first-order valence-corrected chi connectivity index (χ1v) is 29.2. The van der Waals surface area contributed by atoms with E-state index in [-0.39, 0.29) is 37.5 Å². The van der Waals surface area contributed by atoms with Crippen molar-refractivity contribution in [2.24, 2.45) is 0 Å². The Bertz CT molecular complexity index is 1400. The van der Waals surface area contributed by atoms with Crippen molar-refractivity contribution >= 4 is 17.9 Å². The second kappa shape index (κ2) is 57.9. The summed E-state index contributed by atoms with van der Waals surface area (Å²) in [5.74, 6) is -0.982. The lowest BCUT2D eigenvalue weighted by molar-refractivity contribution is -0.167. The third kappa shape index (κ3) is 55.3. The van der Waals surface area contributed by atoms with Crippen LogP contribution in [0.15, 0.2) is 97.2 Å². The first-order valence-electron chi connectivity index (χ1n) is 29.2. The van der Waals surface area contributed by atoms with Crippen LogP contribution >= 0.6 is 0 Å². The lowest BCUT2D eigenvalue weighted by Gasteiger charge is -2.18. The van der Waals surface area contributed by atoms with Crippen LogP contribution in [0.25, 0.3) is 0 Å². The van der Waals surface area contributed by atoms with Crippen molar-refractivity contribution < 1.29 is 28.6 Å². The molecule has 6 nitrogen and oxygen atoms in total. The Hall–Kier alpha value is -3.67. The molecule has 1 atom stereocenters. The average Bonchev–Trinajstić information content (AvgIpc) is 3.36. The minimum Gasteiger partial charge on any atom is -0.462 e. The van der Waals surface area contributed by atoms with Crippen molar-refractivity contribution in [1.29, 1.82) is 0 Å². The van der Waals surface area contributed by atoms with E-state index in [9.17, 15) is 14.4 Å². The molecule has 0 amide bonds. The molecule has 0 radical (unpaired) electrons. The molecule has 0 heterocycles. The third-order valence-electron chi connectivity index (χ3n) is 12.3. The molecular weight excluding hydrogens is 865 g/mol. The highest BCUT2D eigenvalue weighted by atomic mass is 16.6. The van der Waals surface area contributed by atoms with Gasteiger partial charge in [0.15, 0.2) is 6.10 Å². The van der Waals surface area contributed by atoms with Gasteiger partial charge in [-0.15, -0.1) is 0 Å². The molecule has 6 heteroatoms. The number of hydrogen-bond donors (Lipinski definition) is 0. The average molecular weight is 974 g/mol. The monoisotopic (exact) mass is 973 g/mol. The van der Waals surface area contributed by atoms with Gasteiger partial charge in [-0.1, -0.05) is 227 Å². The summed E-state index contributed by atoms with van der Waals surface area (Å²) >= 11 is 0. The molecule has 0 bridgehead atoms. The third-order valence-corrected chi connectivity index (χ3v) is 12.3. The highest BCUT2D eigenvalue weighted by molar-refractivity contribution is 5.71. The minimum atomic E-state index is -0.817. The van der Waals surface area contributed by atoms with E-state index in [0.717, 1.165) is 103 Å². The highest BCUT2D eigenvalue weighted by Crippen LogP contribution is 2.14. The van der Waals surface area contributed by atoms with E-state index in [0.29, 0.717) is 19.3 Å². The van der Waals surface area contributed by atoms with Crippen LogP contribution in [0, 0.1) is 0 Å². The molecule has 400 valence electrons. The summed E-state index contributed by atoms with van der Waals surface area (Å²) in [4.78, 5) is 38.2. The van der Waals surface area contributed by atoms with Gasteiger partial charge in [-0.2, -0.15) is 0 Å². The lowest BCUT2D eigenvalue weighted by atomic mass is 10.1. The van der Waals surface area contributed by atoms with E-state index in [1.165, 1.54) is 122 Å². The smallest absolute Gasteiger partial charge is 0.306 e. The summed E-state index contributed by atoms with van der Waals surface area (Å²) in [7, 11) is 0. The Morgan fingerprint density at radius 2 is 0.529 bits per heavy atom. The van der Waals surface area contributed by atoms with Crippen molar-refractivity contribution in [3.8, 4) is 0 Å². The molecule has 0 aromatic rings. The van der Waals surface area contributed by atoms with Crippen molar-refractivity contribution in [1.82, 2.24) is 0 Å². The number of unbranched alkanes of at least 4 members (excludes halogenated alkanes) is 25. The second-order valence-electron chi connectivity index (χ2n) is 19.2. The van der Waals surface area contributed by atoms with Gasteiger partial charge in [-0.05, 0) is 122 Å². The van der Waals surface area contributed by atoms with Crippen LogP contribution in [-0.4, -0.2) is 37.2 Å². The van der Waals surface area contributed by atoms with Crippen molar-refractivity contribution in [3.63, 3.8) is 0 Å². The number of esters is 3. The zero-order valence-corrected chi connectivity index (χ0v) is 45.8. The SMILES string of the molecule is CCCCC/C=C\C/C=C\C/C=C\C/C=C\CCCC(=O)O[C@H](COC(=O)CCCCCCC/C=C\CCCCCCCCC)COC(=O)CCCCCCCC/C=C\C/C=C\C/C=C\CCCCC. The molecule has 70 heavy (non-hydrogen) atoms. The molecule has 0 aliphatic carbocycles. The second-order valence-corrected chi connectivity index (χ2v) is 19.2. The maximum Gasteiger partial charge on any atom is 0.306 e. The van der Waals surface area contributed by atoms with Gasteiger partial charge in [-0.25, -0.2) is 0 Å². The Balaban J connectivity index is 4.51. The normalized spacial score (nSPS) is 12.8. The molecule has 0 spiro atoms. The molecule has 0 saturated heterocycles. The van der Waals surface area contributed by atoms with Gasteiger partial charge in [0, 0.05) is 19.3 Å². The van der Waals surface area contributed by atoms with Gasteiger partial charge in [0.05, 0.1) is 0 Å². The molecular formula is C64H108O6. The van der Waals surface area contributed by atoms with E-state index in [1.807, 2.05) is 0 Å². The number of ether oxygens (including phenoxy) is 3. The number of allylic oxidation sites excluding steroid dienone is 16. The van der Waals surface area contributed by atoms with E-state index in [4.69, 9.17) is 14.2 Å². The lowest BCUT2D eigenvalue weighted by Crippen LogP contribution is -2.30. The van der Waals surface area contributed by atoms with Crippen molar-refractivity contribution in [2.75, 3.05) is 13.2 Å². The number of hydrogen-bond acceptors (Lipinski definition) is 6. The van der Waals surface area contributed by atoms with E-state index < -0.39 is 6.10 Å². The molecule has 0 N–H and O–H groups in total. The van der Waals surface area contributed by atoms with Crippen LogP contribution in [0.1, 0.15) is 271 Å². The Morgan fingerprint density at radius 1 is 0.286 bits per heavy atom. The summed E-state index contributed by atoms with van der Waals surface area (Å²) in [5.41, 5.74) is 0. The van der Waals surface area contributed by atoms with Crippen LogP contribution in [0.4, 0.5) is 0 Å². The summed E-state index contributed by atoms with van der Waals surface area (Å²) in [5, 5.41) is 0. The first kappa shape index (κ1) is 66.3. The zero-order chi connectivity index (χ0) is 50.7. The quantitative estimate of drug-likeness (QED) is 0.0262. The Labute approximate surface area is 432 Å². The van der Waals surface area contributed by atoms with Crippen LogP contribution < -0.4 is 0 Å². The van der Waals surface area contributed by atoms with Gasteiger partial charge >= 0.3 is 17.9 Å². The molecule has 0 aromatic carbocycles. The van der Waals surface area contributed by atoms with Crippen molar-refractivity contribution in [3.05, 3.63) is 97.2 Å². The van der Waals surface area contributed by atoms with Gasteiger partial charge in [-0.3, -0.25) is 14.4 Å². The van der Waals surface area contributed by atoms with E-state index in [2.05, 4.69) is 118 Å². The highest BCUT2D eigenvalue weighted by Gasteiger charge is 2.19. The fourth-order valence-electron chi connectivity index (χ4n) is 7.85.